The van der Waals surface area contributed by atoms with Crippen LogP contribution in [0.2, 0.25) is 0 Å². The second-order valence-corrected chi connectivity index (χ2v) is 6.61. The van der Waals surface area contributed by atoms with E-state index in [9.17, 15) is 4.79 Å². The van der Waals surface area contributed by atoms with Gasteiger partial charge in [-0.05, 0) is 44.2 Å². The number of carbonyl (C=O) groups excluding carboxylic acids is 1. The van der Waals surface area contributed by atoms with Crippen LogP contribution in [0.5, 0.6) is 0 Å². The number of primary amides is 1. The van der Waals surface area contributed by atoms with Crippen LogP contribution in [0.4, 0.5) is 0 Å². The predicted molar refractivity (Wildman–Crippen MR) is 111 cm³/mol. The highest BCUT2D eigenvalue weighted by Gasteiger charge is 2.24. The summed E-state index contributed by atoms with van der Waals surface area (Å²) in [7, 11) is 0. The molecule has 1 aromatic rings. The SMILES string of the molecule is CCC(C)NC(=NCCc1ccco1)N1CCCC(CC(N)=O)C1.I. The number of furan rings is 1. The summed E-state index contributed by atoms with van der Waals surface area (Å²) in [5, 5.41) is 3.52. The molecule has 6 nitrogen and oxygen atoms in total. The third-order valence-electron chi connectivity index (χ3n) is 4.50. The number of hydrogen-bond donors (Lipinski definition) is 2. The van der Waals surface area contributed by atoms with Crippen LogP contribution in [0.15, 0.2) is 27.8 Å². The van der Waals surface area contributed by atoms with E-state index in [1.54, 1.807) is 6.26 Å². The standard InChI is InChI=1S/C18H30N4O2.HI/c1-3-14(2)21-18(20-9-8-16-7-5-11-24-16)22-10-4-6-15(13-22)12-17(19)23;/h5,7,11,14-15H,3-4,6,8-10,12-13H2,1-2H3,(H2,19,23)(H,20,21);1H. The first kappa shape index (κ1) is 21.8. The van der Waals surface area contributed by atoms with Crippen LogP contribution in [-0.4, -0.2) is 42.4 Å². The van der Waals surface area contributed by atoms with E-state index in [2.05, 4.69) is 24.1 Å². The summed E-state index contributed by atoms with van der Waals surface area (Å²) >= 11 is 0. The molecule has 0 saturated carbocycles. The third kappa shape index (κ3) is 7.66. The second-order valence-electron chi connectivity index (χ2n) is 6.61. The fraction of sp³-hybridized carbons (Fsp3) is 0.667. The highest BCUT2D eigenvalue weighted by molar-refractivity contribution is 14.0. The van der Waals surface area contributed by atoms with Crippen molar-refractivity contribution in [2.75, 3.05) is 19.6 Å². The average Bonchev–Trinajstić information content (AvgIpc) is 3.06. The van der Waals surface area contributed by atoms with Crippen LogP contribution in [0, 0.1) is 5.92 Å². The molecule has 25 heavy (non-hydrogen) atoms. The maximum Gasteiger partial charge on any atom is 0.217 e. The summed E-state index contributed by atoms with van der Waals surface area (Å²) < 4.78 is 5.37. The minimum atomic E-state index is -0.215. The molecule has 0 spiro atoms. The van der Waals surface area contributed by atoms with Crippen LogP contribution in [0.25, 0.3) is 0 Å². The number of hydrogen-bond acceptors (Lipinski definition) is 3. The molecule has 3 N–H and O–H groups in total. The molecule has 0 aliphatic carbocycles. The van der Waals surface area contributed by atoms with Crippen LogP contribution >= 0.6 is 24.0 Å². The Balaban J connectivity index is 0.00000312. The van der Waals surface area contributed by atoms with Gasteiger partial charge in [-0.1, -0.05) is 6.92 Å². The topological polar surface area (TPSA) is 83.9 Å². The molecule has 0 aromatic carbocycles. The van der Waals surface area contributed by atoms with Gasteiger partial charge in [-0.15, -0.1) is 24.0 Å². The zero-order chi connectivity index (χ0) is 17.4. The van der Waals surface area contributed by atoms with Crippen LogP contribution in [0.1, 0.15) is 45.3 Å². The van der Waals surface area contributed by atoms with Gasteiger partial charge in [0.05, 0.1) is 6.26 Å². The molecule has 1 aromatic heterocycles. The summed E-state index contributed by atoms with van der Waals surface area (Å²) in [4.78, 5) is 18.3. The lowest BCUT2D eigenvalue weighted by atomic mass is 9.95. The minimum absolute atomic E-state index is 0. The number of nitrogens with zero attached hydrogens (tertiary/aromatic N) is 2. The Bertz CT molecular complexity index is 533. The van der Waals surface area contributed by atoms with E-state index in [1.165, 1.54) is 0 Å². The zero-order valence-corrected chi connectivity index (χ0v) is 17.6. The molecule has 142 valence electrons. The lowest BCUT2D eigenvalue weighted by molar-refractivity contribution is -0.119. The molecule has 2 unspecified atom stereocenters. The van der Waals surface area contributed by atoms with Crippen molar-refractivity contribution in [2.24, 2.45) is 16.6 Å². The number of aliphatic imine (C=N–C) groups is 1. The van der Waals surface area contributed by atoms with Crippen LogP contribution in [-0.2, 0) is 11.2 Å². The van der Waals surface area contributed by atoms with Crippen LogP contribution in [0.3, 0.4) is 0 Å². The Hall–Kier alpha value is -1.25. The fourth-order valence-corrected chi connectivity index (χ4v) is 2.99. The molecule has 0 bridgehead atoms. The number of rotatable bonds is 7. The fourth-order valence-electron chi connectivity index (χ4n) is 2.99. The number of carbonyl (C=O) groups is 1. The maximum absolute atomic E-state index is 11.2. The molecule has 1 aliphatic heterocycles. The smallest absolute Gasteiger partial charge is 0.217 e. The highest BCUT2D eigenvalue weighted by Crippen LogP contribution is 2.19. The Morgan fingerprint density at radius 1 is 1.56 bits per heavy atom. The lowest BCUT2D eigenvalue weighted by Gasteiger charge is -2.35. The van der Waals surface area contributed by atoms with Gasteiger partial charge < -0.3 is 20.4 Å². The molecule has 2 atom stereocenters. The highest BCUT2D eigenvalue weighted by atomic mass is 127. The molecular weight excluding hydrogens is 431 g/mol. The van der Waals surface area contributed by atoms with Gasteiger partial charge in [0.2, 0.25) is 5.91 Å². The summed E-state index contributed by atoms with van der Waals surface area (Å²) in [6.07, 6.45) is 6.10. The molecule has 1 amide bonds. The van der Waals surface area contributed by atoms with E-state index in [4.69, 9.17) is 15.1 Å². The van der Waals surface area contributed by atoms with Crippen molar-refractivity contribution in [3.05, 3.63) is 24.2 Å². The van der Waals surface area contributed by atoms with Gasteiger partial charge in [-0.2, -0.15) is 0 Å². The van der Waals surface area contributed by atoms with E-state index in [1.807, 2.05) is 12.1 Å². The van der Waals surface area contributed by atoms with E-state index in [-0.39, 0.29) is 29.9 Å². The Morgan fingerprint density at radius 2 is 2.36 bits per heavy atom. The zero-order valence-electron chi connectivity index (χ0n) is 15.2. The van der Waals surface area contributed by atoms with E-state index >= 15 is 0 Å². The monoisotopic (exact) mass is 462 g/mol. The summed E-state index contributed by atoms with van der Waals surface area (Å²) in [6, 6.07) is 4.24. The minimum Gasteiger partial charge on any atom is -0.469 e. The number of nitrogens with one attached hydrogen (secondary N) is 1. The molecule has 1 aliphatic rings. The van der Waals surface area contributed by atoms with Gasteiger partial charge >= 0.3 is 0 Å². The Kier molecular flexibility index (Phi) is 9.92. The number of nitrogens with two attached hydrogens (primary N) is 1. The normalized spacial score (nSPS) is 19.2. The van der Waals surface area contributed by atoms with Crippen molar-refractivity contribution in [1.29, 1.82) is 0 Å². The molecule has 2 heterocycles. The largest absolute Gasteiger partial charge is 0.469 e. The number of guanidine groups is 1. The molecular formula is C18H31IN4O2. The van der Waals surface area contributed by atoms with Crippen molar-refractivity contribution >= 4 is 35.8 Å². The number of halogens is 1. The number of amides is 1. The van der Waals surface area contributed by atoms with Gasteiger partial charge in [-0.3, -0.25) is 9.79 Å². The van der Waals surface area contributed by atoms with Gasteiger partial charge in [0.15, 0.2) is 5.96 Å². The maximum atomic E-state index is 11.2. The van der Waals surface area contributed by atoms with Crippen LogP contribution < -0.4 is 11.1 Å². The van der Waals surface area contributed by atoms with Crippen molar-refractivity contribution in [2.45, 2.75) is 52.0 Å². The molecule has 2 rings (SSSR count). The molecule has 7 heteroatoms. The first-order chi connectivity index (χ1) is 11.6. The first-order valence-corrected chi connectivity index (χ1v) is 8.95. The van der Waals surface area contributed by atoms with E-state index in [0.717, 1.165) is 50.5 Å². The summed E-state index contributed by atoms with van der Waals surface area (Å²) in [5.74, 6) is 2.00. The summed E-state index contributed by atoms with van der Waals surface area (Å²) in [6.45, 7) is 6.81. The van der Waals surface area contributed by atoms with Crippen molar-refractivity contribution in [1.82, 2.24) is 10.2 Å². The number of likely N-dealkylation sites (tertiary alicyclic amines) is 1. The first-order valence-electron chi connectivity index (χ1n) is 8.95. The van der Waals surface area contributed by atoms with E-state index in [0.29, 0.717) is 24.9 Å². The van der Waals surface area contributed by atoms with Crippen molar-refractivity contribution in [3.8, 4) is 0 Å². The van der Waals surface area contributed by atoms with Gasteiger partial charge in [0, 0.05) is 38.5 Å². The Morgan fingerprint density at radius 3 is 3.00 bits per heavy atom. The quantitative estimate of drug-likeness (QED) is 0.371. The van der Waals surface area contributed by atoms with Gasteiger partial charge in [0.25, 0.3) is 0 Å². The molecule has 0 radical (unpaired) electrons. The summed E-state index contributed by atoms with van der Waals surface area (Å²) in [5.41, 5.74) is 5.37. The predicted octanol–water partition coefficient (Wildman–Crippen LogP) is 2.77. The van der Waals surface area contributed by atoms with Gasteiger partial charge in [-0.25, -0.2) is 0 Å². The number of piperidine rings is 1. The lowest BCUT2D eigenvalue weighted by Crippen LogP contribution is -2.49. The van der Waals surface area contributed by atoms with Crippen molar-refractivity contribution < 1.29 is 9.21 Å². The third-order valence-corrected chi connectivity index (χ3v) is 4.50. The van der Waals surface area contributed by atoms with Gasteiger partial charge in [0.1, 0.15) is 5.76 Å². The average molecular weight is 462 g/mol. The molecule has 1 fully saturated rings. The van der Waals surface area contributed by atoms with Crippen molar-refractivity contribution in [3.63, 3.8) is 0 Å². The van der Waals surface area contributed by atoms with E-state index < -0.39 is 0 Å². The Labute approximate surface area is 167 Å². The second kappa shape index (κ2) is 11.4. The molecule has 1 saturated heterocycles.